The van der Waals surface area contributed by atoms with Gasteiger partial charge < -0.3 is 10.4 Å². The molecule has 0 spiro atoms. The van der Waals surface area contributed by atoms with E-state index in [-0.39, 0.29) is 28.6 Å². The second-order valence-electron chi connectivity index (χ2n) is 15.1. The second-order valence-corrected chi connectivity index (χ2v) is 15.1. The monoisotopic (exact) mass is 574 g/mol. The van der Waals surface area contributed by atoms with Gasteiger partial charge in [-0.3, -0.25) is 14.4 Å². The molecular formula is C32H41F3N2O4. The summed E-state index contributed by atoms with van der Waals surface area (Å²) in [5.74, 6) is -3.08. The SMILES string of the molecule is CC1(C)C[C@@H]2C(CC[C@]3(C)[C@@H]2C(=O)C=C2[C@@]4(C)C=C(C#N)C(=O)[C@@](C)(O)[C@@H]4CC[C@]23C)[C@H](C(=O)NCC(F)(F)F)C1. The number of alkyl halides is 3. The molecule has 3 saturated carbocycles. The molecule has 2 N–H and O–H groups in total. The summed E-state index contributed by atoms with van der Waals surface area (Å²) in [6, 6.07) is 1.96. The van der Waals surface area contributed by atoms with E-state index in [1.807, 2.05) is 26.8 Å². The van der Waals surface area contributed by atoms with Gasteiger partial charge in [-0.2, -0.15) is 18.4 Å². The van der Waals surface area contributed by atoms with Crippen molar-refractivity contribution in [1.82, 2.24) is 5.32 Å². The lowest BCUT2D eigenvalue weighted by Crippen LogP contribution is -2.65. The van der Waals surface area contributed by atoms with Crippen LogP contribution in [0.1, 0.15) is 80.1 Å². The molecule has 41 heavy (non-hydrogen) atoms. The predicted octanol–water partition coefficient (Wildman–Crippen LogP) is 5.47. The van der Waals surface area contributed by atoms with Crippen LogP contribution < -0.4 is 5.32 Å². The number of hydrogen-bond acceptors (Lipinski definition) is 5. The zero-order valence-electron chi connectivity index (χ0n) is 24.7. The summed E-state index contributed by atoms with van der Waals surface area (Å²) in [4.78, 5) is 40.4. The van der Waals surface area contributed by atoms with E-state index in [1.54, 1.807) is 12.2 Å². The number of Topliss-reactive ketones (excluding diaryl/α,β-unsaturated/α-hetero) is 1. The van der Waals surface area contributed by atoms with Crippen molar-refractivity contribution in [2.45, 2.75) is 91.8 Å². The van der Waals surface area contributed by atoms with E-state index >= 15 is 0 Å². The molecule has 5 rings (SSSR count). The highest BCUT2D eigenvalue weighted by Crippen LogP contribution is 2.72. The minimum atomic E-state index is -4.50. The maximum Gasteiger partial charge on any atom is 0.405 e. The highest BCUT2D eigenvalue weighted by Gasteiger charge is 2.69. The number of fused-ring (bicyclic) bond motifs is 7. The van der Waals surface area contributed by atoms with Crippen molar-refractivity contribution in [3.8, 4) is 6.07 Å². The third-order valence-electron chi connectivity index (χ3n) is 12.2. The first-order chi connectivity index (χ1) is 18.7. The number of carbonyl (C=O) groups is 3. The van der Waals surface area contributed by atoms with Crippen LogP contribution in [-0.2, 0) is 14.4 Å². The third-order valence-corrected chi connectivity index (χ3v) is 12.2. The number of nitrogens with zero attached hydrogens (tertiary/aromatic N) is 1. The fourth-order valence-electron chi connectivity index (χ4n) is 10.3. The van der Waals surface area contributed by atoms with Gasteiger partial charge in [-0.1, -0.05) is 46.3 Å². The topological polar surface area (TPSA) is 107 Å². The Kier molecular flexibility index (Phi) is 6.60. The number of hydrogen-bond donors (Lipinski definition) is 2. The van der Waals surface area contributed by atoms with Gasteiger partial charge in [-0.05, 0) is 79.6 Å². The molecule has 0 aromatic carbocycles. The molecule has 0 radical (unpaired) electrons. The van der Waals surface area contributed by atoms with Crippen LogP contribution >= 0.6 is 0 Å². The lowest BCUT2D eigenvalue weighted by molar-refractivity contribution is -0.169. The van der Waals surface area contributed by atoms with Gasteiger partial charge in [-0.25, -0.2) is 0 Å². The molecule has 0 bridgehead atoms. The molecule has 0 heterocycles. The van der Waals surface area contributed by atoms with Crippen molar-refractivity contribution in [1.29, 1.82) is 5.26 Å². The summed E-state index contributed by atoms with van der Waals surface area (Å²) in [6.07, 6.45) is 2.48. The van der Waals surface area contributed by atoms with Gasteiger partial charge in [0.15, 0.2) is 5.78 Å². The number of ketones is 2. The number of nitriles is 1. The average Bonchev–Trinajstić information content (AvgIpc) is 2.84. The zero-order chi connectivity index (χ0) is 30.6. The molecule has 9 heteroatoms. The summed E-state index contributed by atoms with van der Waals surface area (Å²) in [5.41, 5.74) is -3.17. The Morgan fingerprint density at radius 1 is 1.07 bits per heavy atom. The van der Waals surface area contributed by atoms with Crippen LogP contribution in [0.5, 0.6) is 0 Å². The largest absolute Gasteiger partial charge is 0.405 e. The Morgan fingerprint density at radius 3 is 2.34 bits per heavy atom. The van der Waals surface area contributed by atoms with E-state index in [1.165, 1.54) is 6.92 Å². The summed E-state index contributed by atoms with van der Waals surface area (Å²) in [7, 11) is 0. The van der Waals surface area contributed by atoms with Crippen molar-refractivity contribution in [2.24, 2.45) is 51.2 Å². The van der Waals surface area contributed by atoms with Crippen LogP contribution in [0.4, 0.5) is 13.2 Å². The first-order valence-corrected chi connectivity index (χ1v) is 14.7. The normalized spacial score (nSPS) is 45.1. The number of amides is 1. The Bertz CT molecular complexity index is 1310. The van der Waals surface area contributed by atoms with Gasteiger partial charge in [0.25, 0.3) is 0 Å². The molecule has 0 aromatic rings. The molecule has 1 amide bonds. The van der Waals surface area contributed by atoms with Crippen molar-refractivity contribution in [2.75, 3.05) is 6.54 Å². The number of halogens is 3. The quantitative estimate of drug-likeness (QED) is 0.455. The molecular weight excluding hydrogens is 533 g/mol. The number of nitrogens with one attached hydrogen (secondary N) is 1. The van der Waals surface area contributed by atoms with E-state index in [0.717, 1.165) is 5.57 Å². The Labute approximate surface area is 239 Å². The molecule has 5 aliphatic carbocycles. The third kappa shape index (κ3) is 4.25. The lowest BCUT2D eigenvalue weighted by atomic mass is 9.36. The number of aliphatic hydroxyl groups is 1. The van der Waals surface area contributed by atoms with Crippen LogP contribution in [0.25, 0.3) is 0 Å². The minimum Gasteiger partial charge on any atom is -0.382 e. The van der Waals surface area contributed by atoms with Crippen molar-refractivity contribution >= 4 is 17.5 Å². The second kappa shape index (κ2) is 9.02. The summed E-state index contributed by atoms with van der Waals surface area (Å²) < 4.78 is 38.8. The predicted molar refractivity (Wildman–Crippen MR) is 145 cm³/mol. The van der Waals surface area contributed by atoms with E-state index in [4.69, 9.17) is 0 Å². The molecule has 0 saturated heterocycles. The van der Waals surface area contributed by atoms with E-state index in [0.29, 0.717) is 38.5 Å². The van der Waals surface area contributed by atoms with Crippen LogP contribution in [0.15, 0.2) is 23.3 Å². The van der Waals surface area contributed by atoms with Gasteiger partial charge in [-0.15, -0.1) is 0 Å². The van der Waals surface area contributed by atoms with Crippen LogP contribution in [0.2, 0.25) is 0 Å². The van der Waals surface area contributed by atoms with Crippen LogP contribution in [0, 0.1) is 62.6 Å². The number of allylic oxidation sites excluding steroid dienone is 3. The van der Waals surface area contributed by atoms with E-state index in [2.05, 4.69) is 19.2 Å². The summed E-state index contributed by atoms with van der Waals surface area (Å²) >= 11 is 0. The van der Waals surface area contributed by atoms with Gasteiger partial charge in [0.1, 0.15) is 18.2 Å². The molecule has 0 aromatic heterocycles. The van der Waals surface area contributed by atoms with Gasteiger partial charge in [0.2, 0.25) is 11.7 Å². The number of rotatable bonds is 2. The maximum absolute atomic E-state index is 14.3. The summed E-state index contributed by atoms with van der Waals surface area (Å²) in [6.45, 7) is 10.4. The van der Waals surface area contributed by atoms with E-state index < -0.39 is 64.0 Å². The highest BCUT2D eigenvalue weighted by molar-refractivity contribution is 6.06. The molecule has 0 aliphatic heterocycles. The Hall–Kier alpha value is -2.47. The van der Waals surface area contributed by atoms with Gasteiger partial charge in [0.05, 0.1) is 5.57 Å². The summed E-state index contributed by atoms with van der Waals surface area (Å²) in [5, 5.41) is 23.2. The van der Waals surface area contributed by atoms with Crippen LogP contribution in [0.3, 0.4) is 0 Å². The van der Waals surface area contributed by atoms with Crippen molar-refractivity contribution in [3.63, 3.8) is 0 Å². The fraction of sp³-hybridized carbons (Fsp3) is 0.750. The molecule has 6 nitrogen and oxygen atoms in total. The fourth-order valence-corrected chi connectivity index (χ4v) is 10.3. The molecule has 3 fully saturated rings. The zero-order valence-corrected chi connectivity index (χ0v) is 24.7. The van der Waals surface area contributed by atoms with Crippen molar-refractivity contribution in [3.05, 3.63) is 23.3 Å². The Balaban J connectivity index is 1.58. The smallest absolute Gasteiger partial charge is 0.382 e. The highest BCUT2D eigenvalue weighted by atomic mass is 19.4. The molecule has 9 atom stereocenters. The molecule has 5 aliphatic rings. The number of carbonyl (C=O) groups excluding carboxylic acids is 3. The molecule has 224 valence electrons. The lowest BCUT2D eigenvalue weighted by Gasteiger charge is -2.67. The average molecular weight is 575 g/mol. The van der Waals surface area contributed by atoms with Crippen LogP contribution in [-0.4, -0.2) is 40.9 Å². The molecule has 1 unspecified atom stereocenters. The standard InChI is InChI=1S/C32H41F3N2O4/c1-27(2)13-19-18(20(14-27)26(40)37-16-32(33,34)35)7-9-30(5)24(19)21(38)11-23-28(3)12-17(15-36)25(39)31(6,41)22(28)8-10-29(23,30)4/h11-12,18-20,22,24,41H,7-10,13-14,16H2,1-6H3,(H,37,40)/t18?,19-,20-,22-,24+,28+,29-,30-,31+/m1/s1. The van der Waals surface area contributed by atoms with Gasteiger partial charge in [0, 0.05) is 23.2 Å². The maximum atomic E-state index is 14.3. The first-order valence-electron chi connectivity index (χ1n) is 14.7. The first kappa shape index (κ1) is 30.0. The minimum absolute atomic E-state index is 0.0628. The van der Waals surface area contributed by atoms with Crippen molar-refractivity contribution < 1.29 is 32.7 Å². The van der Waals surface area contributed by atoms with Gasteiger partial charge >= 0.3 is 6.18 Å². The Morgan fingerprint density at radius 2 is 1.73 bits per heavy atom. The van der Waals surface area contributed by atoms with E-state index in [9.17, 15) is 37.9 Å².